The first kappa shape index (κ1) is 19.6. The van der Waals surface area contributed by atoms with Gasteiger partial charge in [-0.05, 0) is 42.7 Å². The zero-order valence-electron chi connectivity index (χ0n) is 15.7. The van der Waals surface area contributed by atoms with Gasteiger partial charge in [0.2, 0.25) is 0 Å². The summed E-state index contributed by atoms with van der Waals surface area (Å²) in [5.74, 6) is 1.06. The first-order chi connectivity index (χ1) is 13.6. The van der Waals surface area contributed by atoms with Crippen LogP contribution in [0.2, 0.25) is 5.02 Å². The largest absolute Gasteiger partial charge is 0.496 e. The average molecular weight is 397 g/mol. The van der Waals surface area contributed by atoms with Crippen molar-refractivity contribution in [3.63, 3.8) is 0 Å². The lowest BCUT2D eigenvalue weighted by Gasteiger charge is -2.10. The van der Waals surface area contributed by atoms with E-state index in [9.17, 15) is 4.79 Å². The van der Waals surface area contributed by atoms with Crippen LogP contribution in [0.1, 0.15) is 21.6 Å². The Morgan fingerprint density at radius 3 is 2.75 bits per heavy atom. The Morgan fingerprint density at radius 2 is 1.96 bits per heavy atom. The lowest BCUT2D eigenvalue weighted by atomic mass is 10.1. The van der Waals surface area contributed by atoms with Crippen LogP contribution in [0.4, 0.5) is 11.5 Å². The molecule has 0 atom stereocenters. The van der Waals surface area contributed by atoms with Crippen molar-refractivity contribution in [2.24, 2.45) is 0 Å². The molecule has 0 saturated heterocycles. The Kier molecular flexibility index (Phi) is 6.45. The molecule has 0 bridgehead atoms. The zero-order valence-corrected chi connectivity index (χ0v) is 16.5. The van der Waals surface area contributed by atoms with Gasteiger partial charge in [-0.1, -0.05) is 35.9 Å². The number of hydrogen-bond acceptors (Lipinski definition) is 5. The van der Waals surface area contributed by atoms with Gasteiger partial charge in [-0.3, -0.25) is 4.79 Å². The molecule has 0 aliphatic heterocycles. The number of anilines is 2. The second-order valence-corrected chi connectivity index (χ2v) is 6.60. The maximum absolute atomic E-state index is 12.4. The highest BCUT2D eigenvalue weighted by Gasteiger charge is 2.10. The van der Waals surface area contributed by atoms with Crippen molar-refractivity contribution in [1.29, 1.82) is 0 Å². The molecule has 1 amide bonds. The van der Waals surface area contributed by atoms with Crippen molar-refractivity contribution >= 4 is 29.0 Å². The number of carbonyl (C=O) groups excluding carboxylic acids is 1. The summed E-state index contributed by atoms with van der Waals surface area (Å²) >= 11 is 6.15. The van der Waals surface area contributed by atoms with E-state index in [0.717, 1.165) is 22.6 Å². The van der Waals surface area contributed by atoms with E-state index in [4.69, 9.17) is 16.3 Å². The van der Waals surface area contributed by atoms with Crippen LogP contribution in [0.3, 0.4) is 0 Å². The maximum atomic E-state index is 12.4. The van der Waals surface area contributed by atoms with Crippen LogP contribution in [0.25, 0.3) is 0 Å². The molecule has 0 radical (unpaired) electrons. The molecule has 3 aromatic rings. The number of amides is 1. The van der Waals surface area contributed by atoms with E-state index in [1.54, 1.807) is 13.2 Å². The van der Waals surface area contributed by atoms with Gasteiger partial charge in [-0.15, -0.1) is 0 Å². The van der Waals surface area contributed by atoms with E-state index in [0.29, 0.717) is 23.8 Å². The normalized spacial score (nSPS) is 10.4. The SMILES string of the molecule is COc1ccccc1CCNC(=O)c1cc(Nc2ccc(C)c(Cl)c2)ncn1. The smallest absolute Gasteiger partial charge is 0.270 e. The van der Waals surface area contributed by atoms with Crippen LogP contribution in [0, 0.1) is 6.92 Å². The summed E-state index contributed by atoms with van der Waals surface area (Å²) in [6.45, 7) is 2.41. The van der Waals surface area contributed by atoms with Crippen LogP contribution >= 0.6 is 11.6 Å². The Hall–Kier alpha value is -3.12. The Bertz CT molecular complexity index is 978. The molecule has 2 aromatic carbocycles. The van der Waals surface area contributed by atoms with E-state index in [2.05, 4.69) is 20.6 Å². The number of aryl methyl sites for hydroxylation is 1. The van der Waals surface area contributed by atoms with Crippen molar-refractivity contribution in [2.75, 3.05) is 19.0 Å². The van der Waals surface area contributed by atoms with Gasteiger partial charge < -0.3 is 15.4 Å². The molecule has 3 rings (SSSR count). The first-order valence-electron chi connectivity index (χ1n) is 8.82. The third kappa shape index (κ3) is 4.98. The fraction of sp³-hybridized carbons (Fsp3) is 0.190. The number of methoxy groups -OCH3 is 1. The summed E-state index contributed by atoms with van der Waals surface area (Å²) in [6, 6.07) is 15.0. The summed E-state index contributed by atoms with van der Waals surface area (Å²) in [4.78, 5) is 20.6. The molecule has 2 N–H and O–H groups in total. The molecule has 0 aliphatic rings. The number of para-hydroxylation sites is 1. The third-order valence-electron chi connectivity index (χ3n) is 4.22. The molecule has 0 aliphatic carbocycles. The number of nitrogens with one attached hydrogen (secondary N) is 2. The maximum Gasteiger partial charge on any atom is 0.270 e. The summed E-state index contributed by atoms with van der Waals surface area (Å²) in [5.41, 5.74) is 3.10. The summed E-state index contributed by atoms with van der Waals surface area (Å²) in [5, 5.41) is 6.67. The van der Waals surface area contributed by atoms with Crippen LogP contribution in [0.15, 0.2) is 54.9 Å². The Balaban J connectivity index is 1.61. The van der Waals surface area contributed by atoms with Gasteiger partial charge in [0.25, 0.3) is 5.91 Å². The molecule has 7 heteroatoms. The standard InChI is InChI=1S/C21H21ClN4O2/c1-14-7-8-16(11-17(14)22)26-20-12-18(24-13-25-20)21(27)23-10-9-15-5-3-4-6-19(15)28-2/h3-8,11-13H,9-10H2,1-2H3,(H,23,27)(H,24,25,26). The van der Waals surface area contributed by atoms with E-state index in [1.807, 2.05) is 49.4 Å². The van der Waals surface area contributed by atoms with E-state index in [-0.39, 0.29) is 11.6 Å². The van der Waals surface area contributed by atoms with Crippen LogP contribution in [-0.4, -0.2) is 29.5 Å². The van der Waals surface area contributed by atoms with Gasteiger partial charge in [0.1, 0.15) is 23.6 Å². The summed E-state index contributed by atoms with van der Waals surface area (Å²) in [6.07, 6.45) is 2.01. The number of halogens is 1. The molecule has 144 valence electrons. The lowest BCUT2D eigenvalue weighted by Crippen LogP contribution is -2.26. The fourth-order valence-corrected chi connectivity index (χ4v) is 2.86. The number of ether oxygens (including phenoxy) is 1. The number of aromatic nitrogens is 2. The average Bonchev–Trinajstić information content (AvgIpc) is 2.71. The van der Waals surface area contributed by atoms with E-state index >= 15 is 0 Å². The van der Waals surface area contributed by atoms with Crippen LogP contribution in [0.5, 0.6) is 5.75 Å². The Morgan fingerprint density at radius 1 is 1.14 bits per heavy atom. The fourth-order valence-electron chi connectivity index (χ4n) is 2.68. The van der Waals surface area contributed by atoms with Gasteiger partial charge >= 0.3 is 0 Å². The predicted octanol–water partition coefficient (Wildman–Crippen LogP) is 4.16. The predicted molar refractivity (Wildman–Crippen MR) is 111 cm³/mol. The highest BCUT2D eigenvalue weighted by molar-refractivity contribution is 6.31. The molecule has 1 heterocycles. The van der Waals surface area contributed by atoms with Gasteiger partial charge in [-0.25, -0.2) is 9.97 Å². The number of rotatable bonds is 7. The molecular formula is C21H21ClN4O2. The number of carbonyl (C=O) groups is 1. The number of hydrogen-bond donors (Lipinski definition) is 2. The molecule has 6 nitrogen and oxygen atoms in total. The van der Waals surface area contributed by atoms with Crippen molar-refractivity contribution in [3.05, 3.63) is 76.7 Å². The lowest BCUT2D eigenvalue weighted by molar-refractivity contribution is 0.0949. The van der Waals surface area contributed by atoms with Gasteiger partial charge in [0, 0.05) is 23.3 Å². The Labute approximate surface area is 168 Å². The van der Waals surface area contributed by atoms with E-state index in [1.165, 1.54) is 6.33 Å². The second-order valence-electron chi connectivity index (χ2n) is 6.20. The first-order valence-corrected chi connectivity index (χ1v) is 9.20. The monoisotopic (exact) mass is 396 g/mol. The second kappa shape index (κ2) is 9.19. The molecule has 1 aromatic heterocycles. The van der Waals surface area contributed by atoms with Crippen molar-refractivity contribution in [3.8, 4) is 5.75 Å². The van der Waals surface area contributed by atoms with E-state index < -0.39 is 0 Å². The quantitative estimate of drug-likeness (QED) is 0.627. The summed E-state index contributed by atoms with van der Waals surface area (Å²) < 4.78 is 5.32. The highest BCUT2D eigenvalue weighted by atomic mass is 35.5. The van der Waals surface area contributed by atoms with Crippen molar-refractivity contribution in [1.82, 2.24) is 15.3 Å². The molecular weight excluding hydrogens is 376 g/mol. The van der Waals surface area contributed by atoms with Crippen LogP contribution in [-0.2, 0) is 6.42 Å². The molecule has 0 spiro atoms. The number of nitrogens with zero attached hydrogens (tertiary/aromatic N) is 2. The van der Waals surface area contributed by atoms with Gasteiger partial charge in [0.05, 0.1) is 7.11 Å². The molecule has 0 saturated carbocycles. The third-order valence-corrected chi connectivity index (χ3v) is 4.62. The minimum Gasteiger partial charge on any atom is -0.496 e. The summed E-state index contributed by atoms with van der Waals surface area (Å²) in [7, 11) is 1.63. The highest BCUT2D eigenvalue weighted by Crippen LogP contribution is 2.22. The van der Waals surface area contributed by atoms with Gasteiger partial charge in [-0.2, -0.15) is 0 Å². The molecule has 0 unspecified atom stereocenters. The molecule has 28 heavy (non-hydrogen) atoms. The topological polar surface area (TPSA) is 76.1 Å². The number of benzene rings is 2. The van der Waals surface area contributed by atoms with Crippen molar-refractivity contribution in [2.45, 2.75) is 13.3 Å². The zero-order chi connectivity index (χ0) is 19.9. The van der Waals surface area contributed by atoms with Crippen LogP contribution < -0.4 is 15.4 Å². The molecule has 0 fully saturated rings. The minimum atomic E-state index is -0.262. The minimum absolute atomic E-state index is 0.262. The van der Waals surface area contributed by atoms with Gasteiger partial charge in [0.15, 0.2) is 0 Å². The van der Waals surface area contributed by atoms with Crippen molar-refractivity contribution < 1.29 is 9.53 Å².